The van der Waals surface area contributed by atoms with Crippen LogP contribution in [-0.4, -0.2) is 91.1 Å². The summed E-state index contributed by atoms with van der Waals surface area (Å²) < 4.78 is 38.7. The summed E-state index contributed by atoms with van der Waals surface area (Å²) in [7, 11) is 0. The fourth-order valence-corrected chi connectivity index (χ4v) is 3.49. The lowest BCUT2D eigenvalue weighted by atomic mass is 9.97. The quantitative estimate of drug-likeness (QED) is 0.741. The molecule has 0 spiro atoms. The Bertz CT molecular complexity index is 507. The van der Waals surface area contributed by atoms with Crippen molar-refractivity contribution in [2.75, 3.05) is 52.4 Å². The van der Waals surface area contributed by atoms with Crippen molar-refractivity contribution in [2.24, 2.45) is 5.92 Å². The largest absolute Gasteiger partial charge is 0.393 e. The summed E-state index contributed by atoms with van der Waals surface area (Å²) >= 11 is 0. The lowest BCUT2D eigenvalue weighted by Crippen LogP contribution is -2.53. The van der Waals surface area contributed by atoms with Gasteiger partial charge in [0.25, 0.3) is 0 Å². The van der Waals surface area contributed by atoms with Crippen LogP contribution in [0.4, 0.5) is 13.2 Å². The highest BCUT2D eigenvalue weighted by Gasteiger charge is 2.42. The van der Waals surface area contributed by atoms with Crippen LogP contribution in [0.15, 0.2) is 0 Å². The third-order valence-corrected chi connectivity index (χ3v) is 5.45. The average Bonchev–Trinajstić information content (AvgIpc) is 2.62. The van der Waals surface area contributed by atoms with Gasteiger partial charge in [-0.1, -0.05) is 6.92 Å². The summed E-state index contributed by atoms with van der Waals surface area (Å²) in [6.45, 7) is 7.27. The Hall–Kier alpha value is -1.35. The molecule has 0 radical (unpaired) electrons. The molecule has 0 aromatic rings. The van der Waals surface area contributed by atoms with Gasteiger partial charge in [-0.25, -0.2) is 0 Å². The Balaban J connectivity index is 1.72. The molecule has 2 unspecified atom stereocenters. The average molecular weight is 392 g/mol. The van der Waals surface area contributed by atoms with Crippen molar-refractivity contribution in [3.8, 4) is 0 Å². The van der Waals surface area contributed by atoms with Crippen molar-refractivity contribution in [1.29, 1.82) is 0 Å². The molecular weight excluding hydrogens is 361 g/mol. The zero-order valence-corrected chi connectivity index (χ0v) is 16.2. The van der Waals surface area contributed by atoms with Crippen LogP contribution in [0.2, 0.25) is 0 Å². The first-order chi connectivity index (χ1) is 12.7. The fraction of sp³-hybridized carbons (Fsp3) is 0.889. The second-order valence-electron chi connectivity index (χ2n) is 7.65. The van der Waals surface area contributed by atoms with Gasteiger partial charge < -0.3 is 10.2 Å². The minimum Gasteiger partial charge on any atom is -0.353 e. The Morgan fingerprint density at radius 1 is 1.07 bits per heavy atom. The van der Waals surface area contributed by atoms with Gasteiger partial charge in [-0.05, 0) is 26.2 Å². The highest BCUT2D eigenvalue weighted by Crippen LogP contribution is 2.33. The normalized spacial score (nSPS) is 23.9. The van der Waals surface area contributed by atoms with Crippen molar-refractivity contribution in [3.63, 3.8) is 0 Å². The lowest BCUT2D eigenvalue weighted by Gasteiger charge is -2.37. The molecule has 2 heterocycles. The van der Waals surface area contributed by atoms with Crippen molar-refractivity contribution in [3.05, 3.63) is 0 Å². The van der Waals surface area contributed by atoms with E-state index in [1.165, 1.54) is 4.90 Å². The van der Waals surface area contributed by atoms with Crippen LogP contribution in [0.3, 0.4) is 0 Å². The van der Waals surface area contributed by atoms with Gasteiger partial charge in [0.15, 0.2) is 0 Å². The molecule has 0 bridgehead atoms. The summed E-state index contributed by atoms with van der Waals surface area (Å²) in [5, 5.41) is 2.93. The third-order valence-electron chi connectivity index (χ3n) is 5.45. The molecule has 2 aliphatic heterocycles. The SMILES string of the molecule is CCC(C)NC(=O)CN1CCN(CC(=O)N2CCCC(C(F)(F)F)C2)CC1. The van der Waals surface area contributed by atoms with E-state index >= 15 is 0 Å². The molecule has 2 fully saturated rings. The van der Waals surface area contributed by atoms with Gasteiger partial charge in [-0.15, -0.1) is 0 Å². The number of piperidine rings is 1. The molecule has 6 nitrogen and oxygen atoms in total. The number of rotatable bonds is 6. The minimum atomic E-state index is -4.24. The molecule has 9 heteroatoms. The molecule has 2 aliphatic rings. The fourth-order valence-electron chi connectivity index (χ4n) is 3.49. The van der Waals surface area contributed by atoms with Gasteiger partial charge in [0.1, 0.15) is 0 Å². The number of nitrogens with zero attached hydrogens (tertiary/aromatic N) is 3. The van der Waals surface area contributed by atoms with Crippen molar-refractivity contribution in [1.82, 2.24) is 20.0 Å². The molecule has 2 saturated heterocycles. The summed E-state index contributed by atoms with van der Waals surface area (Å²) in [5.74, 6) is -1.64. The van der Waals surface area contributed by atoms with Crippen LogP contribution in [0.5, 0.6) is 0 Å². The molecule has 2 amide bonds. The zero-order valence-electron chi connectivity index (χ0n) is 16.2. The molecule has 0 aromatic carbocycles. The Morgan fingerprint density at radius 2 is 1.67 bits per heavy atom. The number of likely N-dealkylation sites (tertiary alicyclic amines) is 1. The zero-order chi connectivity index (χ0) is 20.0. The van der Waals surface area contributed by atoms with E-state index in [9.17, 15) is 22.8 Å². The number of hydrogen-bond acceptors (Lipinski definition) is 4. The van der Waals surface area contributed by atoms with Crippen LogP contribution in [-0.2, 0) is 9.59 Å². The number of carbonyl (C=O) groups is 2. The summed E-state index contributed by atoms with van der Waals surface area (Å²) in [6.07, 6.45) is -2.85. The van der Waals surface area contributed by atoms with E-state index < -0.39 is 12.1 Å². The smallest absolute Gasteiger partial charge is 0.353 e. The van der Waals surface area contributed by atoms with Crippen molar-refractivity contribution < 1.29 is 22.8 Å². The topological polar surface area (TPSA) is 55.9 Å². The van der Waals surface area contributed by atoms with Gasteiger partial charge in [-0.3, -0.25) is 19.4 Å². The minimum absolute atomic E-state index is 0.000357. The summed E-state index contributed by atoms with van der Waals surface area (Å²) in [4.78, 5) is 29.7. The molecule has 27 heavy (non-hydrogen) atoms. The highest BCUT2D eigenvalue weighted by molar-refractivity contribution is 5.79. The van der Waals surface area contributed by atoms with Gasteiger partial charge in [-0.2, -0.15) is 13.2 Å². The van der Waals surface area contributed by atoms with Crippen LogP contribution in [0, 0.1) is 5.92 Å². The number of nitrogens with one attached hydrogen (secondary N) is 1. The van der Waals surface area contributed by atoms with E-state index in [0.717, 1.165) is 6.42 Å². The maximum absolute atomic E-state index is 12.9. The Labute approximate surface area is 159 Å². The first-order valence-corrected chi connectivity index (χ1v) is 9.77. The number of hydrogen-bond donors (Lipinski definition) is 1. The maximum Gasteiger partial charge on any atom is 0.393 e. The van der Waals surface area contributed by atoms with Crippen molar-refractivity contribution in [2.45, 2.75) is 45.3 Å². The molecule has 1 N–H and O–H groups in total. The van der Waals surface area contributed by atoms with E-state index in [0.29, 0.717) is 45.7 Å². The lowest BCUT2D eigenvalue weighted by molar-refractivity contribution is -0.188. The van der Waals surface area contributed by atoms with Crippen LogP contribution >= 0.6 is 0 Å². The number of halogens is 3. The molecular formula is C18H31F3N4O2. The Morgan fingerprint density at radius 3 is 2.22 bits per heavy atom. The van der Waals surface area contributed by atoms with Gasteiger partial charge in [0, 0.05) is 45.3 Å². The molecule has 156 valence electrons. The number of piperazine rings is 1. The van der Waals surface area contributed by atoms with Crippen LogP contribution < -0.4 is 5.32 Å². The molecule has 0 aliphatic carbocycles. The second kappa shape index (κ2) is 9.73. The molecule has 2 rings (SSSR count). The van der Waals surface area contributed by atoms with E-state index in [2.05, 4.69) is 5.32 Å². The summed E-state index contributed by atoms with van der Waals surface area (Å²) in [5.41, 5.74) is 0. The highest BCUT2D eigenvalue weighted by atomic mass is 19.4. The molecule has 0 aromatic heterocycles. The van der Waals surface area contributed by atoms with Crippen LogP contribution in [0.1, 0.15) is 33.1 Å². The Kier molecular flexibility index (Phi) is 7.91. The molecule has 0 saturated carbocycles. The maximum atomic E-state index is 12.9. The van der Waals surface area contributed by atoms with Gasteiger partial charge in [0.05, 0.1) is 19.0 Å². The van der Waals surface area contributed by atoms with E-state index in [-0.39, 0.29) is 37.4 Å². The second-order valence-corrected chi connectivity index (χ2v) is 7.65. The predicted octanol–water partition coefficient (Wildman–Crippen LogP) is 1.32. The summed E-state index contributed by atoms with van der Waals surface area (Å²) in [6, 6.07) is 0.154. The van der Waals surface area contributed by atoms with Crippen LogP contribution in [0.25, 0.3) is 0 Å². The third kappa shape index (κ3) is 6.95. The van der Waals surface area contributed by atoms with E-state index in [1.807, 2.05) is 23.6 Å². The van der Waals surface area contributed by atoms with Gasteiger partial charge >= 0.3 is 6.18 Å². The standard InChI is InChI=1S/C18H31F3N4O2/c1-3-14(2)22-16(26)12-23-7-9-24(10-8-23)13-17(27)25-6-4-5-15(11-25)18(19,20)21/h14-15H,3-13H2,1-2H3,(H,22,26). The van der Waals surface area contributed by atoms with E-state index in [1.54, 1.807) is 0 Å². The number of amides is 2. The molecule has 2 atom stereocenters. The van der Waals surface area contributed by atoms with Gasteiger partial charge in [0.2, 0.25) is 11.8 Å². The van der Waals surface area contributed by atoms with E-state index in [4.69, 9.17) is 0 Å². The first kappa shape index (κ1) is 21.9. The number of carbonyl (C=O) groups excluding carboxylic acids is 2. The number of alkyl halides is 3. The van der Waals surface area contributed by atoms with Crippen molar-refractivity contribution >= 4 is 11.8 Å². The predicted molar refractivity (Wildman–Crippen MR) is 96.1 cm³/mol. The monoisotopic (exact) mass is 392 g/mol. The first-order valence-electron chi connectivity index (χ1n) is 9.77.